The van der Waals surface area contributed by atoms with Crippen LogP contribution in [-0.2, 0) is 0 Å². The fourth-order valence-corrected chi connectivity index (χ4v) is 3.80. The van der Waals surface area contributed by atoms with Crippen LogP contribution in [0.5, 0.6) is 0 Å². The lowest BCUT2D eigenvalue weighted by Gasteiger charge is -2.34. The van der Waals surface area contributed by atoms with Crippen molar-refractivity contribution in [3.8, 4) is 0 Å². The minimum Gasteiger partial charge on any atom is -0.298 e. The average molecular weight is 195 g/mol. The van der Waals surface area contributed by atoms with Gasteiger partial charge in [0.2, 0.25) is 0 Å². The number of nitrogens with zero attached hydrogens (tertiary/aromatic N) is 1. The maximum absolute atomic E-state index is 2.79. The van der Waals surface area contributed by atoms with Crippen molar-refractivity contribution in [1.29, 1.82) is 0 Å². The van der Waals surface area contributed by atoms with Crippen LogP contribution in [0.4, 0.5) is 0 Å². The van der Waals surface area contributed by atoms with E-state index in [2.05, 4.69) is 18.7 Å². The highest BCUT2D eigenvalue weighted by atomic mass is 15.2. The van der Waals surface area contributed by atoms with Crippen molar-refractivity contribution in [3.63, 3.8) is 0 Å². The Labute approximate surface area is 88.9 Å². The average Bonchev–Trinajstić information content (AvgIpc) is 2.62. The molecule has 2 aliphatic rings. The molecule has 2 aliphatic heterocycles. The Kier molecular flexibility index (Phi) is 3.16. The number of hydrogen-bond acceptors (Lipinski definition) is 1. The van der Waals surface area contributed by atoms with E-state index < -0.39 is 0 Å². The fourth-order valence-electron chi connectivity index (χ4n) is 3.80. The lowest BCUT2D eigenvalue weighted by Crippen LogP contribution is -2.39. The standard InChI is InChI=1S/C13H25N/c1-3-6-12(2)11-13-7-4-9-14(13)10-5-8-13/h12H,3-11H2,1-2H3. The predicted octanol–water partition coefficient (Wildman–Crippen LogP) is 3.44. The van der Waals surface area contributed by atoms with Gasteiger partial charge in [-0.25, -0.2) is 0 Å². The molecule has 0 spiro atoms. The summed E-state index contributed by atoms with van der Waals surface area (Å²) in [6.07, 6.45) is 10.1. The lowest BCUT2D eigenvalue weighted by atomic mass is 9.83. The zero-order chi connectivity index (χ0) is 10.0. The summed E-state index contributed by atoms with van der Waals surface area (Å²) in [6, 6.07) is 0. The zero-order valence-electron chi connectivity index (χ0n) is 9.89. The topological polar surface area (TPSA) is 3.24 Å². The Bertz CT molecular complexity index is 178. The molecule has 2 saturated heterocycles. The highest BCUT2D eigenvalue weighted by molar-refractivity contribution is 5.00. The van der Waals surface area contributed by atoms with Crippen LogP contribution in [0, 0.1) is 5.92 Å². The molecule has 0 saturated carbocycles. The smallest absolute Gasteiger partial charge is 0.0213 e. The molecule has 0 aliphatic carbocycles. The van der Waals surface area contributed by atoms with Crippen LogP contribution in [0.3, 0.4) is 0 Å². The largest absolute Gasteiger partial charge is 0.298 e. The van der Waals surface area contributed by atoms with Gasteiger partial charge in [0.15, 0.2) is 0 Å². The van der Waals surface area contributed by atoms with Crippen molar-refractivity contribution in [2.75, 3.05) is 13.1 Å². The van der Waals surface area contributed by atoms with Crippen LogP contribution in [0.15, 0.2) is 0 Å². The molecule has 1 heteroatoms. The summed E-state index contributed by atoms with van der Waals surface area (Å²) in [5.74, 6) is 0.943. The second-order valence-electron chi connectivity index (χ2n) is 5.52. The van der Waals surface area contributed by atoms with E-state index in [-0.39, 0.29) is 0 Å². The van der Waals surface area contributed by atoms with Crippen LogP contribution in [-0.4, -0.2) is 23.5 Å². The van der Waals surface area contributed by atoms with Crippen LogP contribution >= 0.6 is 0 Å². The molecular weight excluding hydrogens is 170 g/mol. The molecule has 2 heterocycles. The quantitative estimate of drug-likeness (QED) is 0.664. The van der Waals surface area contributed by atoms with E-state index in [0.717, 1.165) is 5.92 Å². The molecule has 1 atom stereocenters. The van der Waals surface area contributed by atoms with Crippen molar-refractivity contribution < 1.29 is 0 Å². The normalized spacial score (nSPS) is 27.9. The summed E-state index contributed by atoms with van der Waals surface area (Å²) in [5.41, 5.74) is 0.661. The summed E-state index contributed by atoms with van der Waals surface area (Å²) in [7, 11) is 0. The summed E-state index contributed by atoms with van der Waals surface area (Å²) in [4.78, 5) is 2.79. The summed E-state index contributed by atoms with van der Waals surface area (Å²) >= 11 is 0. The van der Waals surface area contributed by atoms with Gasteiger partial charge >= 0.3 is 0 Å². The van der Waals surface area contributed by atoms with E-state index >= 15 is 0 Å². The highest BCUT2D eigenvalue weighted by Crippen LogP contribution is 2.43. The van der Waals surface area contributed by atoms with Gasteiger partial charge in [-0.05, 0) is 51.1 Å². The van der Waals surface area contributed by atoms with Crippen molar-refractivity contribution in [2.45, 2.75) is 64.3 Å². The molecule has 1 nitrogen and oxygen atoms in total. The zero-order valence-corrected chi connectivity index (χ0v) is 9.89. The first kappa shape index (κ1) is 10.5. The van der Waals surface area contributed by atoms with E-state index in [1.807, 2.05) is 0 Å². The lowest BCUT2D eigenvalue weighted by molar-refractivity contribution is 0.156. The molecule has 0 bridgehead atoms. The Morgan fingerprint density at radius 1 is 1.21 bits per heavy atom. The summed E-state index contributed by atoms with van der Waals surface area (Å²) in [6.45, 7) is 7.54. The highest BCUT2D eigenvalue weighted by Gasteiger charge is 2.44. The second kappa shape index (κ2) is 4.22. The van der Waals surface area contributed by atoms with Gasteiger partial charge in [0, 0.05) is 5.54 Å². The van der Waals surface area contributed by atoms with Crippen molar-refractivity contribution in [1.82, 2.24) is 4.90 Å². The van der Waals surface area contributed by atoms with E-state index in [0.29, 0.717) is 5.54 Å². The molecule has 0 aromatic heterocycles. The van der Waals surface area contributed by atoms with E-state index in [1.165, 1.54) is 58.0 Å². The van der Waals surface area contributed by atoms with Gasteiger partial charge in [0.25, 0.3) is 0 Å². The Morgan fingerprint density at radius 3 is 2.43 bits per heavy atom. The van der Waals surface area contributed by atoms with Gasteiger partial charge in [0.1, 0.15) is 0 Å². The van der Waals surface area contributed by atoms with Crippen LogP contribution in [0.1, 0.15) is 58.8 Å². The molecule has 0 radical (unpaired) electrons. The van der Waals surface area contributed by atoms with Gasteiger partial charge < -0.3 is 0 Å². The summed E-state index contributed by atoms with van der Waals surface area (Å²) in [5, 5.41) is 0. The molecule has 1 unspecified atom stereocenters. The fraction of sp³-hybridized carbons (Fsp3) is 1.00. The molecule has 0 aromatic carbocycles. The molecule has 0 amide bonds. The third kappa shape index (κ3) is 1.84. The molecule has 2 rings (SSSR count). The van der Waals surface area contributed by atoms with Crippen LogP contribution < -0.4 is 0 Å². The van der Waals surface area contributed by atoms with Crippen molar-refractivity contribution in [3.05, 3.63) is 0 Å². The minimum atomic E-state index is 0.661. The predicted molar refractivity (Wildman–Crippen MR) is 61.5 cm³/mol. The van der Waals surface area contributed by atoms with Crippen LogP contribution in [0.25, 0.3) is 0 Å². The molecule has 14 heavy (non-hydrogen) atoms. The minimum absolute atomic E-state index is 0.661. The Hall–Kier alpha value is -0.0400. The molecule has 2 fully saturated rings. The van der Waals surface area contributed by atoms with Gasteiger partial charge in [0.05, 0.1) is 0 Å². The van der Waals surface area contributed by atoms with Gasteiger partial charge in [-0.1, -0.05) is 26.7 Å². The third-order valence-electron chi connectivity index (χ3n) is 4.32. The van der Waals surface area contributed by atoms with Gasteiger partial charge in [-0.2, -0.15) is 0 Å². The number of fused-ring (bicyclic) bond motifs is 1. The Morgan fingerprint density at radius 2 is 1.86 bits per heavy atom. The number of rotatable bonds is 4. The third-order valence-corrected chi connectivity index (χ3v) is 4.32. The summed E-state index contributed by atoms with van der Waals surface area (Å²) < 4.78 is 0. The van der Waals surface area contributed by atoms with E-state index in [4.69, 9.17) is 0 Å². The SMILES string of the molecule is CCCC(C)CC12CCCN1CCC2. The van der Waals surface area contributed by atoms with Crippen LogP contribution in [0.2, 0.25) is 0 Å². The molecular formula is C13H25N. The first-order valence-electron chi connectivity index (χ1n) is 6.52. The monoisotopic (exact) mass is 195 g/mol. The maximum Gasteiger partial charge on any atom is 0.0213 e. The molecule has 0 aromatic rings. The maximum atomic E-state index is 2.79. The Balaban J connectivity index is 1.94. The first-order chi connectivity index (χ1) is 6.77. The first-order valence-corrected chi connectivity index (χ1v) is 6.52. The van der Waals surface area contributed by atoms with Crippen molar-refractivity contribution >= 4 is 0 Å². The second-order valence-corrected chi connectivity index (χ2v) is 5.52. The van der Waals surface area contributed by atoms with E-state index in [1.54, 1.807) is 0 Å². The van der Waals surface area contributed by atoms with Gasteiger partial charge in [-0.3, -0.25) is 4.90 Å². The number of hydrogen-bond donors (Lipinski definition) is 0. The van der Waals surface area contributed by atoms with Gasteiger partial charge in [-0.15, -0.1) is 0 Å². The van der Waals surface area contributed by atoms with E-state index in [9.17, 15) is 0 Å². The molecule has 0 N–H and O–H groups in total. The van der Waals surface area contributed by atoms with Crippen molar-refractivity contribution in [2.24, 2.45) is 5.92 Å². The molecule has 82 valence electrons.